The summed E-state index contributed by atoms with van der Waals surface area (Å²) in [6.07, 6.45) is 12.8. The Morgan fingerprint density at radius 2 is 0.700 bits per heavy atom. The van der Waals surface area contributed by atoms with Gasteiger partial charge in [-0.25, -0.2) is 0 Å². The van der Waals surface area contributed by atoms with E-state index in [9.17, 15) is 0 Å². The number of piperidine rings is 2. The minimum Gasteiger partial charge on any atom is -0.652 e. The van der Waals surface area contributed by atoms with Crippen LogP contribution in [0.3, 0.4) is 0 Å². The van der Waals surface area contributed by atoms with Crippen molar-refractivity contribution in [3.63, 3.8) is 0 Å². The summed E-state index contributed by atoms with van der Waals surface area (Å²) in [4.78, 5) is 0. The smallest absolute Gasteiger partial charge is 0.652 e. The molecule has 6 nitrogen and oxygen atoms in total. The second kappa shape index (κ2) is 52.3. The van der Waals surface area contributed by atoms with Gasteiger partial charge in [0.05, 0.1) is 14.2 Å². The zero-order valence-electron chi connectivity index (χ0n) is 48.5. The molecule has 0 N–H and O–H groups in total. The monoisotopic (exact) mass is 1340 g/mol. The summed E-state index contributed by atoms with van der Waals surface area (Å²) in [5, 5.41) is 9.49. The maximum Gasteiger partial charge on any atom is 3.00 e. The van der Waals surface area contributed by atoms with Crippen LogP contribution in [0.4, 0.5) is 0 Å². The number of nitrogens with zero attached hydrogens (tertiary/aromatic N) is 2. The Bertz CT molecular complexity index is 1260. The van der Waals surface area contributed by atoms with Crippen molar-refractivity contribution in [2.75, 3.05) is 40.6 Å². The van der Waals surface area contributed by atoms with Crippen LogP contribution in [0.2, 0.25) is 0 Å². The van der Waals surface area contributed by atoms with Gasteiger partial charge in [0.15, 0.2) is 0 Å². The molecule has 0 saturated carbocycles. The van der Waals surface area contributed by atoms with Gasteiger partial charge < -0.3 is 57.3 Å². The number of hydrogen-bond acceptors (Lipinski definition) is 4. The van der Waals surface area contributed by atoms with Gasteiger partial charge in [0.25, 0.3) is 0 Å². The molecule has 4 heterocycles. The van der Waals surface area contributed by atoms with Crippen LogP contribution < -0.4 is 47.2 Å². The first-order valence-corrected chi connectivity index (χ1v) is 27.7. The van der Waals surface area contributed by atoms with E-state index in [1.54, 1.807) is 14.2 Å². The molecule has 0 atom stereocenters. The second-order valence-corrected chi connectivity index (χ2v) is 25.0. The molecule has 0 spiro atoms. The van der Waals surface area contributed by atoms with Crippen LogP contribution in [0.5, 0.6) is 11.5 Å². The predicted octanol–water partition coefficient (Wildman–Crippen LogP) is 12.7. The number of ether oxygens (including phenoxy) is 4. The van der Waals surface area contributed by atoms with E-state index in [1.165, 1.54) is 64.2 Å². The van der Waals surface area contributed by atoms with Crippen LogP contribution >= 0.6 is 77.0 Å². The average Bonchev–Trinajstić information content (AvgIpc) is 3.91. The van der Waals surface area contributed by atoms with Crippen LogP contribution in [0, 0.1) is 70.6 Å². The van der Waals surface area contributed by atoms with Crippen molar-refractivity contribution >= 4 is 112 Å². The Morgan fingerprint density at radius 3 is 0.814 bits per heavy atom. The van der Waals surface area contributed by atoms with Crippen molar-refractivity contribution in [3.8, 4) is 11.5 Å². The fourth-order valence-electron chi connectivity index (χ4n) is 5.97. The van der Waals surface area contributed by atoms with Crippen molar-refractivity contribution in [2.24, 2.45) is 23.7 Å². The van der Waals surface area contributed by atoms with Crippen molar-refractivity contribution in [1.82, 2.24) is 0 Å². The summed E-state index contributed by atoms with van der Waals surface area (Å²) >= 11 is 11.1. The third-order valence-corrected chi connectivity index (χ3v) is 10.5. The van der Waals surface area contributed by atoms with E-state index in [2.05, 4.69) is 228 Å². The Balaban J connectivity index is -0.000000104. The number of benzene rings is 2. The first kappa shape index (κ1) is 89.1. The molecular weight excluding hydrogens is 1250 g/mol. The molecule has 14 heteroatoms. The molecule has 0 amide bonds. The standard InChI is InChI=1S/2C9H18N.2C7H5BrIO.2C4H8O.4C4H9.2Al.2Li/c2*1-8(2)6-5-7-9(3,4)10-8;2*1-10-7-3-2-5(9)4-6(7)8;2*1-2-4-5-3-1;4*1-4(2)3;;;;/h2*5-7H2,1-4H3;2*2,4H,1H3;2*1-4H2;4*4H,1H2,2-3H3;;;;/q4*-1;;;4*-1;2*+3;2*+1. The van der Waals surface area contributed by atoms with Crippen molar-refractivity contribution in [3.05, 3.63) is 90.8 Å². The van der Waals surface area contributed by atoms with E-state index in [0.29, 0.717) is 23.7 Å². The maximum atomic E-state index is 4.99. The molecule has 2 aromatic rings. The quantitative estimate of drug-likeness (QED) is 0.171. The van der Waals surface area contributed by atoms with E-state index >= 15 is 0 Å². The van der Waals surface area contributed by atoms with Gasteiger partial charge in [-0.2, -0.15) is 35.8 Å². The Morgan fingerprint density at radius 1 is 0.500 bits per heavy atom. The molecule has 6 rings (SSSR count). The van der Waals surface area contributed by atoms with E-state index in [-0.39, 0.29) is 94.6 Å². The van der Waals surface area contributed by atoms with Gasteiger partial charge in [-0.1, -0.05) is 156 Å². The minimum atomic E-state index is 0. The summed E-state index contributed by atoms with van der Waals surface area (Å²) in [5.41, 5.74) is 0.951. The fraction of sp³-hybridized carbons (Fsp3) is 0.714. The van der Waals surface area contributed by atoms with Gasteiger partial charge in [0.2, 0.25) is 0 Å². The molecule has 0 unspecified atom stereocenters. The summed E-state index contributed by atoms with van der Waals surface area (Å²) in [5.74, 6) is 3.83. The SMILES string of the molecule is C1CCOC1.C1CCOC1.CC1(C)CCCC(C)(C)[N-]1.CC1(C)CCCC(C)(C)[N-]1.COc1[c-]cc(I)cc1Br.COc1[c-]cc(I)cc1Br.[Al+3].[Al+3].[CH2-]C(C)C.[CH2-]C(C)C.[CH2-]C(C)C.[CH2-]C(C)C.[Li+].[Li+]. The van der Waals surface area contributed by atoms with Crippen LogP contribution in [0.15, 0.2) is 33.2 Å². The molecule has 0 aliphatic carbocycles. The predicted molar refractivity (Wildman–Crippen MR) is 328 cm³/mol. The minimum absolute atomic E-state index is 0. The molecule has 2 aromatic carbocycles. The number of methoxy groups -OCH3 is 2. The van der Waals surface area contributed by atoms with E-state index in [4.69, 9.17) is 29.6 Å². The molecule has 0 bridgehead atoms. The molecule has 4 aliphatic rings. The number of rotatable bonds is 2. The van der Waals surface area contributed by atoms with E-state index in [1.807, 2.05) is 24.3 Å². The van der Waals surface area contributed by atoms with Gasteiger partial charge >= 0.3 is 72.4 Å². The first-order chi connectivity index (χ1) is 30.2. The van der Waals surface area contributed by atoms with E-state index < -0.39 is 0 Å². The van der Waals surface area contributed by atoms with Crippen LogP contribution in [0.1, 0.15) is 175 Å². The zero-order valence-corrected chi connectivity index (χ0v) is 58.3. The van der Waals surface area contributed by atoms with Gasteiger partial charge in [-0.05, 0) is 34.6 Å². The van der Waals surface area contributed by atoms with Gasteiger partial charge in [-0.15, -0.1) is 123 Å². The van der Waals surface area contributed by atoms with Crippen molar-refractivity contribution in [2.45, 2.75) is 197 Å². The largest absolute Gasteiger partial charge is 3.00 e. The molecule has 4 fully saturated rings. The van der Waals surface area contributed by atoms with Crippen LogP contribution in [0.25, 0.3) is 10.6 Å². The number of hydrogen-bond donors (Lipinski definition) is 0. The van der Waals surface area contributed by atoms with Crippen LogP contribution in [-0.2, 0) is 9.47 Å². The summed E-state index contributed by atoms with van der Waals surface area (Å²) in [6.45, 7) is 52.8. The normalized spacial score (nSPS) is 16.8. The molecule has 0 aromatic heterocycles. The Labute approximate surface area is 526 Å². The van der Waals surface area contributed by atoms with Gasteiger partial charge in [0.1, 0.15) is 0 Å². The summed E-state index contributed by atoms with van der Waals surface area (Å²) in [7, 11) is 3.26. The topological polar surface area (TPSA) is 65.1 Å². The number of halogens is 4. The van der Waals surface area contributed by atoms with Gasteiger partial charge in [0, 0.05) is 37.9 Å². The van der Waals surface area contributed by atoms with Crippen molar-refractivity contribution < 1.29 is 56.7 Å². The maximum absolute atomic E-state index is 4.99. The Kier molecular flexibility index (Phi) is 66.6. The summed E-state index contributed by atoms with van der Waals surface area (Å²) in [6, 6.07) is 13.7. The molecule has 0 radical (unpaired) electrons. The van der Waals surface area contributed by atoms with Gasteiger partial charge in [-0.3, -0.25) is 0 Å². The molecular formula is C56H98Al2Br2I2Li2N2O4. The van der Waals surface area contributed by atoms with E-state index in [0.717, 1.165) is 54.0 Å². The molecule has 4 saturated heterocycles. The first-order valence-electron chi connectivity index (χ1n) is 24.0. The molecule has 70 heavy (non-hydrogen) atoms. The Hall–Kier alpha value is 2.56. The third-order valence-electron chi connectivity index (χ3n) is 8.07. The third kappa shape index (κ3) is 68.6. The summed E-state index contributed by atoms with van der Waals surface area (Å²) < 4.78 is 24.1. The second-order valence-electron chi connectivity index (χ2n) is 20.8. The molecule has 4 aliphatic heterocycles. The van der Waals surface area contributed by atoms with Crippen molar-refractivity contribution in [1.29, 1.82) is 0 Å². The zero-order chi connectivity index (χ0) is 52.2. The fourth-order valence-corrected chi connectivity index (χ4v) is 8.80. The van der Waals surface area contributed by atoms with Crippen LogP contribution in [-0.4, -0.2) is 97.5 Å². The molecule has 392 valence electrons. The average molecular weight is 1340 g/mol.